The number of hydrogen-bond donors (Lipinski definition) is 1. The lowest BCUT2D eigenvalue weighted by molar-refractivity contribution is -0.0711. The number of likely N-dealkylation sites (tertiary alicyclic amines) is 1. The van der Waals surface area contributed by atoms with E-state index in [1.165, 1.54) is 38.8 Å². The summed E-state index contributed by atoms with van der Waals surface area (Å²) in [6.45, 7) is 8.28. The minimum atomic E-state index is 0.464. The fourth-order valence-corrected chi connectivity index (χ4v) is 5.65. The van der Waals surface area contributed by atoms with Crippen molar-refractivity contribution in [2.45, 2.75) is 32.7 Å². The summed E-state index contributed by atoms with van der Waals surface area (Å²) < 4.78 is 7.31. The molecule has 170 valence electrons. The van der Waals surface area contributed by atoms with E-state index in [-0.39, 0.29) is 0 Å². The number of nitrogens with one attached hydrogen (secondary N) is 1. The van der Waals surface area contributed by atoms with Crippen LogP contribution < -0.4 is 10.1 Å². The summed E-state index contributed by atoms with van der Waals surface area (Å²) in [7, 11) is 1.63. The van der Waals surface area contributed by atoms with Gasteiger partial charge in [-0.05, 0) is 47.9 Å². The van der Waals surface area contributed by atoms with Crippen molar-refractivity contribution in [1.82, 2.24) is 29.5 Å². The molecule has 1 aromatic carbocycles. The number of hydrogen-bond acceptors (Lipinski definition) is 7. The third-order valence-electron chi connectivity index (χ3n) is 6.95. The minimum absolute atomic E-state index is 0.464. The predicted molar refractivity (Wildman–Crippen MR) is 128 cm³/mol. The second kappa shape index (κ2) is 7.66. The number of nitrogens with zero attached hydrogens (tertiary/aromatic N) is 6. The van der Waals surface area contributed by atoms with Crippen LogP contribution in [0.2, 0.25) is 0 Å². The Morgan fingerprint density at radius 3 is 2.79 bits per heavy atom. The van der Waals surface area contributed by atoms with E-state index in [9.17, 15) is 0 Å². The summed E-state index contributed by atoms with van der Waals surface area (Å²) in [6.07, 6.45) is 7.82. The van der Waals surface area contributed by atoms with Gasteiger partial charge in [-0.3, -0.25) is 0 Å². The van der Waals surface area contributed by atoms with Crippen molar-refractivity contribution < 1.29 is 4.74 Å². The highest BCUT2D eigenvalue weighted by atomic mass is 16.5. The summed E-state index contributed by atoms with van der Waals surface area (Å²) in [5.41, 5.74) is 4.46. The van der Waals surface area contributed by atoms with Crippen LogP contribution in [0.25, 0.3) is 27.5 Å². The largest absolute Gasteiger partial charge is 0.480 e. The Balaban J connectivity index is 1.17. The van der Waals surface area contributed by atoms with Crippen LogP contribution in [-0.2, 0) is 0 Å². The first kappa shape index (κ1) is 20.4. The van der Waals surface area contributed by atoms with Gasteiger partial charge in [-0.25, -0.2) is 19.5 Å². The van der Waals surface area contributed by atoms with Gasteiger partial charge in [0.1, 0.15) is 6.33 Å². The van der Waals surface area contributed by atoms with E-state index in [2.05, 4.69) is 57.2 Å². The van der Waals surface area contributed by atoms with Crippen LogP contribution in [0.15, 0.2) is 43.0 Å². The molecule has 2 fully saturated rings. The number of methoxy groups -OCH3 is 1. The lowest BCUT2D eigenvalue weighted by atomic mass is 9.60. The Kier molecular flexibility index (Phi) is 4.72. The third-order valence-corrected chi connectivity index (χ3v) is 6.95. The molecular weight excluding hydrogens is 414 g/mol. The van der Waals surface area contributed by atoms with Crippen LogP contribution in [0.5, 0.6) is 5.88 Å². The third kappa shape index (κ3) is 3.58. The predicted octanol–water partition coefficient (Wildman–Crippen LogP) is 3.88. The fraction of sp³-hybridized carbons (Fsp3) is 0.440. The minimum Gasteiger partial charge on any atom is -0.480 e. The van der Waals surface area contributed by atoms with Crippen LogP contribution in [0.1, 0.15) is 26.7 Å². The molecule has 6 rings (SSSR count). The molecule has 1 aliphatic heterocycles. The summed E-state index contributed by atoms with van der Waals surface area (Å²) >= 11 is 0. The monoisotopic (exact) mass is 443 g/mol. The highest BCUT2D eigenvalue weighted by Gasteiger charge is 2.52. The van der Waals surface area contributed by atoms with E-state index in [0.717, 1.165) is 33.5 Å². The summed E-state index contributed by atoms with van der Waals surface area (Å²) in [4.78, 5) is 15.8. The van der Waals surface area contributed by atoms with Crippen molar-refractivity contribution in [2.75, 3.05) is 32.1 Å². The summed E-state index contributed by atoms with van der Waals surface area (Å²) in [6, 6.07) is 8.65. The van der Waals surface area contributed by atoms with Crippen LogP contribution in [0, 0.1) is 11.3 Å². The maximum atomic E-state index is 5.41. The normalized spacial score (nSPS) is 18.1. The van der Waals surface area contributed by atoms with Crippen LogP contribution in [-0.4, -0.2) is 62.3 Å². The fourth-order valence-electron chi connectivity index (χ4n) is 5.65. The number of aromatic nitrogens is 5. The topological polar surface area (TPSA) is 80.5 Å². The molecule has 0 radical (unpaired) electrons. The van der Waals surface area contributed by atoms with E-state index in [4.69, 9.17) is 9.84 Å². The second-order valence-electron chi connectivity index (χ2n) is 10.1. The molecule has 1 N–H and O–H groups in total. The Morgan fingerprint density at radius 1 is 1.15 bits per heavy atom. The van der Waals surface area contributed by atoms with Crippen molar-refractivity contribution in [3.05, 3.63) is 43.0 Å². The molecule has 8 nitrogen and oxygen atoms in total. The van der Waals surface area contributed by atoms with E-state index in [1.807, 2.05) is 23.0 Å². The molecule has 1 saturated heterocycles. The first-order valence-electron chi connectivity index (χ1n) is 11.6. The summed E-state index contributed by atoms with van der Waals surface area (Å²) in [5, 5.41) is 9.15. The van der Waals surface area contributed by atoms with E-state index < -0.39 is 0 Å². The van der Waals surface area contributed by atoms with Gasteiger partial charge in [0.25, 0.3) is 0 Å². The Bertz CT molecular complexity index is 1320. The van der Waals surface area contributed by atoms with Crippen LogP contribution >= 0.6 is 0 Å². The quantitative estimate of drug-likeness (QED) is 0.484. The number of fused-ring (bicyclic) bond motifs is 2. The van der Waals surface area contributed by atoms with E-state index >= 15 is 0 Å². The molecule has 3 aromatic heterocycles. The maximum absolute atomic E-state index is 5.41. The SMILES string of the molecule is COc1ncnc2ccc(-c3ccn4nc(NC5CC6(C5)CN(CC(C)C)C6)ncc34)cc12. The van der Waals surface area contributed by atoms with Crippen molar-refractivity contribution >= 4 is 22.4 Å². The Hall–Kier alpha value is -3.26. The molecule has 2 aliphatic rings. The van der Waals surface area contributed by atoms with Gasteiger partial charge in [-0.1, -0.05) is 19.9 Å². The molecule has 4 heterocycles. The first-order valence-corrected chi connectivity index (χ1v) is 11.6. The molecular formula is C25H29N7O. The van der Waals surface area contributed by atoms with Crippen molar-refractivity contribution in [3.8, 4) is 17.0 Å². The lowest BCUT2D eigenvalue weighted by Crippen LogP contribution is -2.65. The van der Waals surface area contributed by atoms with Gasteiger partial charge in [0, 0.05) is 37.4 Å². The number of rotatable bonds is 6. The average Bonchev–Trinajstić information content (AvgIpc) is 3.18. The Morgan fingerprint density at radius 2 is 2.00 bits per heavy atom. The number of benzene rings is 1. The molecule has 1 saturated carbocycles. The van der Waals surface area contributed by atoms with Gasteiger partial charge < -0.3 is 15.0 Å². The zero-order chi connectivity index (χ0) is 22.6. The van der Waals surface area contributed by atoms with Gasteiger partial charge in [-0.15, -0.1) is 5.10 Å². The number of anilines is 1. The van der Waals surface area contributed by atoms with Crippen molar-refractivity contribution in [1.29, 1.82) is 0 Å². The highest BCUT2D eigenvalue weighted by molar-refractivity contribution is 5.91. The molecule has 0 amide bonds. The smallest absolute Gasteiger partial charge is 0.241 e. The van der Waals surface area contributed by atoms with Gasteiger partial charge >= 0.3 is 0 Å². The van der Waals surface area contributed by atoms with Gasteiger partial charge in [-0.2, -0.15) is 0 Å². The molecule has 0 unspecified atom stereocenters. The first-order chi connectivity index (χ1) is 16.0. The average molecular weight is 444 g/mol. The number of ether oxygens (including phenoxy) is 1. The second-order valence-corrected chi connectivity index (χ2v) is 10.1. The molecule has 0 bridgehead atoms. The molecule has 4 aromatic rings. The van der Waals surface area contributed by atoms with Crippen LogP contribution in [0.3, 0.4) is 0 Å². The maximum Gasteiger partial charge on any atom is 0.241 e. The highest BCUT2D eigenvalue weighted by Crippen LogP contribution is 2.49. The van der Waals surface area contributed by atoms with E-state index in [0.29, 0.717) is 23.3 Å². The standard InChI is InChI=1S/C25H29N7O/c1-16(2)12-31-13-25(14-31)9-18(10-25)29-24-26-11-22-19(6-7-32(22)30-24)17-4-5-21-20(8-17)23(33-3)28-15-27-21/h4-8,11,15-16,18H,9-10,12-14H2,1-3H3,(H,29,30). The molecule has 1 spiro atoms. The van der Waals surface area contributed by atoms with E-state index in [1.54, 1.807) is 7.11 Å². The molecule has 0 atom stereocenters. The van der Waals surface area contributed by atoms with Gasteiger partial charge in [0.05, 0.1) is 29.7 Å². The zero-order valence-corrected chi connectivity index (χ0v) is 19.3. The molecule has 1 aliphatic carbocycles. The van der Waals surface area contributed by atoms with Crippen molar-refractivity contribution in [3.63, 3.8) is 0 Å². The lowest BCUT2D eigenvalue weighted by Gasteiger charge is -2.59. The van der Waals surface area contributed by atoms with Gasteiger partial charge in [0.2, 0.25) is 11.8 Å². The molecule has 8 heteroatoms. The summed E-state index contributed by atoms with van der Waals surface area (Å²) in [5.74, 6) is 2.01. The zero-order valence-electron chi connectivity index (χ0n) is 19.3. The van der Waals surface area contributed by atoms with Crippen molar-refractivity contribution in [2.24, 2.45) is 11.3 Å². The van der Waals surface area contributed by atoms with Gasteiger partial charge in [0.15, 0.2) is 0 Å². The Labute approximate surface area is 193 Å². The van der Waals surface area contributed by atoms with Crippen LogP contribution in [0.4, 0.5) is 5.95 Å². The molecule has 33 heavy (non-hydrogen) atoms.